The zero-order valence-electron chi connectivity index (χ0n) is 16.2. The molecule has 1 N–H and O–H groups in total. The second kappa shape index (κ2) is 9.97. The summed E-state index contributed by atoms with van der Waals surface area (Å²) in [5, 5.41) is 4.25. The lowest BCUT2D eigenvalue weighted by Gasteiger charge is -2.18. The van der Waals surface area contributed by atoms with Gasteiger partial charge in [-0.15, -0.1) is 12.6 Å². The van der Waals surface area contributed by atoms with E-state index in [2.05, 4.69) is 57.4 Å². The maximum Gasteiger partial charge on any atom is 0.251 e. The summed E-state index contributed by atoms with van der Waals surface area (Å²) < 4.78 is 0. The molecule has 26 heavy (non-hydrogen) atoms. The van der Waals surface area contributed by atoms with Crippen LogP contribution in [-0.4, -0.2) is 19.7 Å². The average Bonchev–Trinajstić information content (AvgIpc) is 2.63. The van der Waals surface area contributed by atoms with E-state index < -0.39 is 0 Å². The van der Waals surface area contributed by atoms with E-state index in [9.17, 15) is 4.79 Å². The highest BCUT2D eigenvalue weighted by atomic mass is 32.1. The predicted octanol–water partition coefficient (Wildman–Crippen LogP) is 5.27. The van der Waals surface area contributed by atoms with Gasteiger partial charge in [-0.1, -0.05) is 62.7 Å². The van der Waals surface area contributed by atoms with Gasteiger partial charge in [0.2, 0.25) is 0 Å². The zero-order valence-corrected chi connectivity index (χ0v) is 17.1. The molecule has 0 aromatic heterocycles. The summed E-state index contributed by atoms with van der Waals surface area (Å²) in [6.45, 7) is 12.0. The molecule has 1 amide bonds. The number of rotatable bonds is 3. The van der Waals surface area contributed by atoms with Crippen molar-refractivity contribution >= 4 is 31.0 Å². The maximum absolute atomic E-state index is 11.3. The molecule has 0 atom stereocenters. The Labute approximate surface area is 162 Å². The Bertz CT molecular complexity index is 754. The number of aryl methyl sites for hydroxylation is 1. The molecule has 3 nitrogen and oxygen atoms in total. The van der Waals surface area contributed by atoms with Crippen LogP contribution in [0.15, 0.2) is 58.9 Å². The third-order valence-electron chi connectivity index (χ3n) is 3.88. The first-order chi connectivity index (χ1) is 12.2. The Kier molecular flexibility index (Phi) is 8.33. The van der Waals surface area contributed by atoms with Crippen molar-refractivity contribution in [3.8, 4) is 0 Å². The topological polar surface area (TPSA) is 41.5 Å². The minimum absolute atomic E-state index is 0.0366. The Morgan fingerprint density at radius 2 is 1.54 bits per heavy atom. The van der Waals surface area contributed by atoms with Crippen molar-refractivity contribution in [3.63, 3.8) is 0 Å². The molecule has 0 saturated heterocycles. The second-order valence-corrected chi connectivity index (χ2v) is 7.20. The normalized spacial score (nSPS) is 11.2. The van der Waals surface area contributed by atoms with Gasteiger partial charge in [0.05, 0.1) is 5.70 Å². The Balaban J connectivity index is 0.000000263. The minimum atomic E-state index is -0.0366. The number of carbonyl (C=O) groups excluding carboxylic acids is 1. The summed E-state index contributed by atoms with van der Waals surface area (Å²) in [5.41, 5.74) is 5.18. The lowest BCUT2D eigenvalue weighted by Crippen LogP contribution is -2.18. The number of aliphatic imine (C=N–C) groups is 1. The van der Waals surface area contributed by atoms with Crippen molar-refractivity contribution in [2.24, 2.45) is 4.99 Å². The van der Waals surface area contributed by atoms with Crippen LogP contribution in [0.2, 0.25) is 0 Å². The van der Waals surface area contributed by atoms with Gasteiger partial charge in [0.15, 0.2) is 0 Å². The van der Waals surface area contributed by atoms with Gasteiger partial charge in [0.1, 0.15) is 0 Å². The van der Waals surface area contributed by atoms with Gasteiger partial charge in [-0.2, -0.15) is 0 Å². The molecule has 2 aromatic rings. The fourth-order valence-electron chi connectivity index (χ4n) is 2.20. The quantitative estimate of drug-likeness (QED) is 0.562. The maximum atomic E-state index is 11.3. The van der Waals surface area contributed by atoms with Crippen molar-refractivity contribution < 1.29 is 4.79 Å². The summed E-state index contributed by atoms with van der Waals surface area (Å²) in [4.78, 5) is 15.1. The molecule has 0 radical (unpaired) electrons. The van der Waals surface area contributed by atoms with Crippen molar-refractivity contribution in [2.75, 3.05) is 7.05 Å². The van der Waals surface area contributed by atoms with E-state index in [4.69, 9.17) is 0 Å². The third kappa shape index (κ3) is 6.52. The molecular formula is C22H28N2OS. The SMILES string of the molecule is C=N/C(=C\S)c1ccc(C)cc1.CNC(=O)c1ccc(C(C)(C)C)cc1. The van der Waals surface area contributed by atoms with E-state index in [1.807, 2.05) is 48.5 Å². The van der Waals surface area contributed by atoms with Crippen LogP contribution in [0.25, 0.3) is 5.70 Å². The Hall–Kier alpha value is -2.33. The van der Waals surface area contributed by atoms with Crippen LogP contribution in [0, 0.1) is 6.92 Å². The smallest absolute Gasteiger partial charge is 0.251 e. The molecule has 0 aliphatic rings. The number of nitrogens with one attached hydrogen (secondary N) is 1. The fourth-order valence-corrected chi connectivity index (χ4v) is 2.43. The van der Waals surface area contributed by atoms with E-state index in [-0.39, 0.29) is 11.3 Å². The first kappa shape index (κ1) is 21.7. The van der Waals surface area contributed by atoms with Gasteiger partial charge in [-0.25, -0.2) is 0 Å². The van der Waals surface area contributed by atoms with E-state index in [0.717, 1.165) is 11.3 Å². The largest absolute Gasteiger partial charge is 0.355 e. The van der Waals surface area contributed by atoms with Crippen LogP contribution in [0.5, 0.6) is 0 Å². The molecular weight excluding hydrogens is 340 g/mol. The van der Waals surface area contributed by atoms with Crippen LogP contribution in [0.1, 0.15) is 47.8 Å². The summed E-state index contributed by atoms with van der Waals surface area (Å²) in [5.74, 6) is -0.0366. The van der Waals surface area contributed by atoms with Crippen LogP contribution < -0.4 is 5.32 Å². The number of benzene rings is 2. The fraction of sp³-hybridized carbons (Fsp3) is 0.273. The molecule has 0 heterocycles. The summed E-state index contributed by atoms with van der Waals surface area (Å²) in [7, 11) is 1.64. The molecule has 2 rings (SSSR count). The van der Waals surface area contributed by atoms with E-state index in [1.54, 1.807) is 12.5 Å². The number of thiol groups is 1. The molecule has 0 bridgehead atoms. The summed E-state index contributed by atoms with van der Waals surface area (Å²) in [6.07, 6.45) is 0. The summed E-state index contributed by atoms with van der Waals surface area (Å²) in [6, 6.07) is 15.8. The van der Waals surface area contributed by atoms with Gasteiger partial charge in [0, 0.05) is 18.2 Å². The molecule has 0 fully saturated rings. The molecule has 0 unspecified atom stereocenters. The van der Waals surface area contributed by atoms with Crippen molar-refractivity contribution in [1.82, 2.24) is 5.32 Å². The highest BCUT2D eigenvalue weighted by molar-refractivity contribution is 7.83. The van der Waals surface area contributed by atoms with E-state index in [0.29, 0.717) is 5.56 Å². The average molecular weight is 369 g/mol. The molecule has 0 aliphatic heterocycles. The predicted molar refractivity (Wildman–Crippen MR) is 116 cm³/mol. The van der Waals surface area contributed by atoms with Gasteiger partial charge in [-0.3, -0.25) is 9.79 Å². The molecule has 0 spiro atoms. The van der Waals surface area contributed by atoms with Gasteiger partial charge >= 0.3 is 0 Å². The van der Waals surface area contributed by atoms with Gasteiger partial charge in [0.25, 0.3) is 5.91 Å². The minimum Gasteiger partial charge on any atom is -0.355 e. The first-order valence-corrected chi connectivity index (χ1v) is 8.95. The standard InChI is InChI=1S/C12H17NO.C10H11NS/c1-12(2,3)10-7-5-9(6-8-10)11(14)13-4;1-8-3-5-9(6-4-8)10(7-12)11-2/h5-8H,1-4H3,(H,13,14);3-7,12H,2H2,1H3/b;10-7-. The van der Waals surface area contributed by atoms with E-state index >= 15 is 0 Å². The van der Waals surface area contributed by atoms with Gasteiger partial charge in [-0.05, 0) is 42.2 Å². The highest BCUT2D eigenvalue weighted by Gasteiger charge is 2.13. The van der Waals surface area contributed by atoms with Crippen molar-refractivity contribution in [3.05, 3.63) is 76.2 Å². The van der Waals surface area contributed by atoms with Crippen LogP contribution >= 0.6 is 12.6 Å². The molecule has 4 heteroatoms. The first-order valence-electron chi connectivity index (χ1n) is 8.43. The van der Waals surface area contributed by atoms with Gasteiger partial charge < -0.3 is 5.32 Å². The van der Waals surface area contributed by atoms with Crippen LogP contribution in [0.3, 0.4) is 0 Å². The zero-order chi connectivity index (χ0) is 19.7. The highest BCUT2D eigenvalue weighted by Crippen LogP contribution is 2.22. The lowest BCUT2D eigenvalue weighted by molar-refractivity contribution is 0.0963. The summed E-state index contributed by atoms with van der Waals surface area (Å²) >= 11 is 4.04. The molecule has 2 aromatic carbocycles. The van der Waals surface area contributed by atoms with Crippen LogP contribution in [-0.2, 0) is 5.41 Å². The number of hydrogen-bond acceptors (Lipinski definition) is 3. The second-order valence-electron chi connectivity index (χ2n) is 6.94. The Morgan fingerprint density at radius 1 is 1.04 bits per heavy atom. The number of hydrogen-bond donors (Lipinski definition) is 2. The third-order valence-corrected chi connectivity index (χ3v) is 4.12. The number of carbonyl (C=O) groups is 1. The molecule has 0 aliphatic carbocycles. The number of nitrogens with zero attached hydrogens (tertiary/aromatic N) is 1. The Morgan fingerprint density at radius 3 is 1.92 bits per heavy atom. The lowest BCUT2D eigenvalue weighted by atomic mass is 9.87. The van der Waals surface area contributed by atoms with Crippen LogP contribution in [0.4, 0.5) is 0 Å². The molecule has 0 saturated carbocycles. The monoisotopic (exact) mass is 368 g/mol. The molecule has 138 valence electrons. The van der Waals surface area contributed by atoms with Crippen molar-refractivity contribution in [2.45, 2.75) is 33.1 Å². The number of amides is 1. The van der Waals surface area contributed by atoms with E-state index in [1.165, 1.54) is 11.1 Å². The van der Waals surface area contributed by atoms with Crippen molar-refractivity contribution in [1.29, 1.82) is 0 Å².